The Labute approximate surface area is 67.4 Å². The summed E-state index contributed by atoms with van der Waals surface area (Å²) in [5.74, 6) is 0. The molecule has 0 atom stereocenters. The van der Waals surface area contributed by atoms with Crippen LogP contribution in [0.15, 0.2) is 5.16 Å². The van der Waals surface area contributed by atoms with Gasteiger partial charge in [0.1, 0.15) is 0 Å². The van der Waals surface area contributed by atoms with Crippen molar-refractivity contribution < 1.29 is 37.9 Å². The van der Waals surface area contributed by atoms with Gasteiger partial charge in [0.25, 0.3) is 0 Å². The molecule has 0 spiro atoms. The quantitative estimate of drug-likeness (QED) is 0.257. The maximum atomic E-state index is 7.26. The zero-order chi connectivity index (χ0) is 3.41. The molecule has 0 aromatic rings. The predicted molar refractivity (Wildman–Crippen MR) is 21.5 cm³/mol. The van der Waals surface area contributed by atoms with Crippen molar-refractivity contribution in [1.29, 1.82) is 0 Å². The average Bonchev–Trinajstić information content (AvgIpc) is 1.37. The number of hydrogen-bond acceptors (Lipinski definition) is 2. The van der Waals surface area contributed by atoms with E-state index in [-0.39, 0.29) is 40.1 Å². The summed E-state index contributed by atoms with van der Waals surface area (Å²) in [6.07, 6.45) is 0. The second kappa shape index (κ2) is 16.9. The van der Waals surface area contributed by atoms with Gasteiger partial charge >= 0.3 is 0 Å². The SMILES string of the molecule is ON=[C-]Cl.[CH3-].[Y]. The van der Waals surface area contributed by atoms with Crippen molar-refractivity contribution in [2.45, 2.75) is 0 Å². The normalized spacial score (nSPS) is 6.17. The van der Waals surface area contributed by atoms with Gasteiger partial charge in [0.2, 0.25) is 0 Å². The molecule has 0 saturated heterocycles. The van der Waals surface area contributed by atoms with Crippen LogP contribution in [0.3, 0.4) is 0 Å². The van der Waals surface area contributed by atoms with E-state index in [1.807, 2.05) is 0 Å². The number of nitrogens with zero attached hydrogens (tertiary/aromatic N) is 1. The van der Waals surface area contributed by atoms with Crippen LogP contribution in [0.25, 0.3) is 0 Å². The van der Waals surface area contributed by atoms with Gasteiger partial charge < -0.3 is 24.2 Å². The van der Waals surface area contributed by atoms with E-state index >= 15 is 0 Å². The predicted octanol–water partition coefficient (Wildman–Crippen LogP) is 0.967. The molecule has 2 nitrogen and oxygen atoms in total. The first kappa shape index (κ1) is 15.8. The molecule has 0 aliphatic heterocycles. The number of halogens is 1. The third-order valence-electron chi connectivity index (χ3n) is 0.0378. The fraction of sp³-hybridized carbons (Fsp3) is 0. The fourth-order valence-corrected chi connectivity index (χ4v) is 0. The molecular weight excluding hydrogens is 178 g/mol. The van der Waals surface area contributed by atoms with Crippen molar-refractivity contribution in [3.05, 3.63) is 7.43 Å². The molecule has 0 rings (SSSR count). The van der Waals surface area contributed by atoms with E-state index in [0.717, 1.165) is 0 Å². The summed E-state index contributed by atoms with van der Waals surface area (Å²) < 4.78 is 0. The Morgan fingerprint density at radius 2 is 1.83 bits per heavy atom. The number of hydrogen-bond donors (Lipinski definition) is 1. The molecule has 0 amide bonds. The molecule has 4 heteroatoms. The second-order valence-electron chi connectivity index (χ2n) is 0.185. The zero-order valence-corrected chi connectivity index (χ0v) is 6.94. The van der Waals surface area contributed by atoms with Crippen LogP contribution in [0.5, 0.6) is 0 Å². The Bertz CT molecular complexity index is 28.7. The van der Waals surface area contributed by atoms with Gasteiger partial charge in [-0.15, -0.1) is 0 Å². The van der Waals surface area contributed by atoms with Gasteiger partial charge in [-0.2, -0.15) is 0 Å². The van der Waals surface area contributed by atoms with E-state index < -0.39 is 0 Å². The molecule has 0 unspecified atom stereocenters. The molecule has 0 aliphatic rings. The topological polar surface area (TPSA) is 32.6 Å². The minimum Gasteiger partial charge on any atom is -0.446 e. The van der Waals surface area contributed by atoms with Crippen molar-refractivity contribution in [3.63, 3.8) is 0 Å². The van der Waals surface area contributed by atoms with E-state index in [2.05, 4.69) is 16.8 Å². The molecule has 0 aromatic carbocycles. The zero-order valence-electron chi connectivity index (χ0n) is 3.35. The monoisotopic (exact) mass is 182 g/mol. The maximum absolute atomic E-state index is 7.26. The van der Waals surface area contributed by atoms with Gasteiger partial charge in [-0.05, 0) is 0 Å². The Hall–Kier alpha value is 0.864. The summed E-state index contributed by atoms with van der Waals surface area (Å²) in [4.78, 5) is 0. The van der Waals surface area contributed by atoms with Crippen LogP contribution in [-0.4, -0.2) is 10.9 Å². The van der Waals surface area contributed by atoms with Gasteiger partial charge in [0.15, 0.2) is 0 Å². The molecule has 6 heavy (non-hydrogen) atoms. The van der Waals surface area contributed by atoms with Gasteiger partial charge in [-0.1, -0.05) is 0 Å². The second-order valence-corrected chi connectivity index (χ2v) is 0.354. The average molecular weight is 182 g/mol. The first-order valence-corrected chi connectivity index (χ1v) is 0.991. The van der Waals surface area contributed by atoms with Crippen LogP contribution in [0.2, 0.25) is 0 Å². The van der Waals surface area contributed by atoms with Crippen LogP contribution in [0.1, 0.15) is 0 Å². The van der Waals surface area contributed by atoms with Crippen molar-refractivity contribution in [2.75, 3.05) is 0 Å². The molecule has 0 fully saturated rings. The summed E-state index contributed by atoms with van der Waals surface area (Å²) in [6.45, 7) is 0. The molecule has 0 saturated carbocycles. The maximum Gasteiger partial charge on any atom is 0 e. The molecule has 0 aliphatic carbocycles. The molecule has 35 valence electrons. The van der Waals surface area contributed by atoms with Crippen LogP contribution in [0, 0.1) is 7.43 Å². The van der Waals surface area contributed by atoms with Crippen molar-refractivity contribution in [1.82, 2.24) is 0 Å². The van der Waals surface area contributed by atoms with E-state index in [4.69, 9.17) is 5.21 Å². The van der Waals surface area contributed by atoms with Crippen LogP contribution < -0.4 is 0 Å². The Balaban J connectivity index is -0.0000000450. The molecule has 1 N–H and O–H groups in total. The first-order chi connectivity index (χ1) is 1.91. The van der Waals surface area contributed by atoms with Crippen LogP contribution in [0.4, 0.5) is 0 Å². The van der Waals surface area contributed by atoms with E-state index in [0.29, 0.717) is 0 Å². The summed E-state index contributed by atoms with van der Waals surface area (Å²) in [5, 5.41) is 9.51. The standard InChI is InChI=1S/CHClNO.CH3.Y/c2-1-3-4;;/h4H;1H3;/q2*-1;. The van der Waals surface area contributed by atoms with E-state index in [1.165, 1.54) is 0 Å². The van der Waals surface area contributed by atoms with Crippen molar-refractivity contribution in [3.8, 4) is 0 Å². The number of rotatable bonds is 0. The smallest absolute Gasteiger partial charge is 0 e. The summed E-state index contributed by atoms with van der Waals surface area (Å²) in [5.41, 5.74) is 1.58. The van der Waals surface area contributed by atoms with Gasteiger partial charge in [0, 0.05) is 32.7 Å². The third-order valence-corrected chi connectivity index (χ3v) is 0.113. The van der Waals surface area contributed by atoms with Gasteiger partial charge in [0.05, 0.1) is 0 Å². The van der Waals surface area contributed by atoms with Gasteiger partial charge in [-0.25, -0.2) is 0 Å². The summed E-state index contributed by atoms with van der Waals surface area (Å²) in [7, 11) is 0. The molecule has 0 aromatic heterocycles. The fourth-order valence-electron chi connectivity index (χ4n) is 0. The van der Waals surface area contributed by atoms with Crippen molar-refractivity contribution in [2.24, 2.45) is 5.16 Å². The summed E-state index contributed by atoms with van der Waals surface area (Å²) >= 11 is 4.52. The first-order valence-electron chi connectivity index (χ1n) is 0.613. The van der Waals surface area contributed by atoms with Crippen LogP contribution in [-0.2, 0) is 32.7 Å². The Morgan fingerprint density at radius 3 is 1.83 bits per heavy atom. The van der Waals surface area contributed by atoms with E-state index in [1.54, 1.807) is 5.67 Å². The molecule has 0 bridgehead atoms. The summed E-state index contributed by atoms with van der Waals surface area (Å²) in [6, 6.07) is 0. The van der Waals surface area contributed by atoms with Gasteiger partial charge in [-0.3, -0.25) is 10.8 Å². The van der Waals surface area contributed by atoms with Crippen LogP contribution >= 0.6 is 11.6 Å². The third kappa shape index (κ3) is 20.9. The van der Waals surface area contributed by atoms with E-state index in [9.17, 15) is 0 Å². The van der Waals surface area contributed by atoms with Crippen molar-refractivity contribution >= 4 is 17.3 Å². The minimum atomic E-state index is 0. The molecule has 0 heterocycles. The Morgan fingerprint density at radius 1 is 1.67 bits per heavy atom. The Kier molecular flexibility index (Phi) is 44.6. The minimum absolute atomic E-state index is 0. The molecule has 1 radical (unpaired) electrons. The molecular formula is C2H4ClNOY-2. The largest absolute Gasteiger partial charge is 0.446 e.